The molecule has 1 heterocycles. The van der Waals surface area contributed by atoms with Gasteiger partial charge in [0.1, 0.15) is 17.5 Å². The molecular formula is C24H34N3O3+. The Bertz CT molecular complexity index is 749. The molecule has 1 aromatic carbocycles. The molecule has 2 aliphatic rings. The first-order chi connectivity index (χ1) is 14.4. The lowest BCUT2D eigenvalue weighted by atomic mass is 9.77. The third kappa shape index (κ3) is 6.08. The van der Waals surface area contributed by atoms with Crippen LogP contribution in [-0.4, -0.2) is 67.9 Å². The summed E-state index contributed by atoms with van der Waals surface area (Å²) in [5, 5.41) is 0. The molecule has 1 aromatic rings. The summed E-state index contributed by atoms with van der Waals surface area (Å²) in [6.07, 6.45) is 3.01. The van der Waals surface area contributed by atoms with E-state index in [1.165, 1.54) is 4.90 Å². The zero-order valence-corrected chi connectivity index (χ0v) is 18.2. The van der Waals surface area contributed by atoms with Crippen molar-refractivity contribution >= 4 is 23.7 Å². The minimum absolute atomic E-state index is 0.00463. The van der Waals surface area contributed by atoms with Crippen LogP contribution in [0.5, 0.6) is 0 Å². The highest BCUT2D eigenvalue weighted by Crippen LogP contribution is 2.31. The summed E-state index contributed by atoms with van der Waals surface area (Å²) < 4.78 is 0. The summed E-state index contributed by atoms with van der Waals surface area (Å²) in [6, 6.07) is 9.80. The van der Waals surface area contributed by atoms with Gasteiger partial charge in [0, 0.05) is 25.5 Å². The number of Topliss-reactive ketones (excluding diaryl/α,β-unsaturated/α-hetero) is 2. The second-order valence-electron chi connectivity index (χ2n) is 8.96. The molecule has 30 heavy (non-hydrogen) atoms. The SMILES string of the molecule is CC(C)CC(=O)N1CC[NH+](CCN=CC2C(=O)CC(c3ccccc3)CC2=O)CC1. The van der Waals surface area contributed by atoms with Crippen LogP contribution in [0, 0.1) is 11.8 Å². The van der Waals surface area contributed by atoms with Crippen LogP contribution in [0.25, 0.3) is 0 Å². The number of aliphatic imine (C=N–C) groups is 1. The Morgan fingerprint density at radius 3 is 2.37 bits per heavy atom. The number of rotatable bonds is 7. The monoisotopic (exact) mass is 412 g/mol. The highest BCUT2D eigenvalue weighted by atomic mass is 16.2. The Morgan fingerprint density at radius 1 is 1.13 bits per heavy atom. The van der Waals surface area contributed by atoms with Crippen LogP contribution in [0.15, 0.2) is 35.3 Å². The predicted molar refractivity (Wildman–Crippen MR) is 117 cm³/mol. The topological polar surface area (TPSA) is 71.2 Å². The normalized spacial score (nSPS) is 23.5. The van der Waals surface area contributed by atoms with Gasteiger partial charge in [-0.1, -0.05) is 44.2 Å². The lowest BCUT2D eigenvalue weighted by Gasteiger charge is -2.32. The number of benzene rings is 1. The molecule has 0 radical (unpaired) electrons. The Balaban J connectivity index is 1.40. The molecule has 1 saturated heterocycles. The van der Waals surface area contributed by atoms with Crippen LogP contribution in [0.2, 0.25) is 0 Å². The lowest BCUT2D eigenvalue weighted by Crippen LogP contribution is -3.15. The number of ketones is 2. The van der Waals surface area contributed by atoms with E-state index in [2.05, 4.69) is 18.8 Å². The summed E-state index contributed by atoms with van der Waals surface area (Å²) in [5.41, 5.74) is 1.06. The molecule has 1 aliphatic heterocycles. The second-order valence-corrected chi connectivity index (χ2v) is 8.96. The quantitative estimate of drug-likeness (QED) is 0.540. The maximum atomic E-state index is 12.5. The molecule has 0 spiro atoms. The zero-order chi connectivity index (χ0) is 21.5. The van der Waals surface area contributed by atoms with E-state index in [-0.39, 0.29) is 23.4 Å². The Kier molecular flexibility index (Phi) is 7.91. The van der Waals surface area contributed by atoms with Gasteiger partial charge in [-0.15, -0.1) is 0 Å². The van der Waals surface area contributed by atoms with E-state index in [4.69, 9.17) is 0 Å². The minimum Gasteiger partial charge on any atom is -0.331 e. The van der Waals surface area contributed by atoms with Crippen molar-refractivity contribution in [3.63, 3.8) is 0 Å². The van der Waals surface area contributed by atoms with Crippen LogP contribution in [0.1, 0.15) is 44.6 Å². The largest absolute Gasteiger partial charge is 0.331 e. The zero-order valence-electron chi connectivity index (χ0n) is 18.2. The maximum Gasteiger partial charge on any atom is 0.223 e. The van der Waals surface area contributed by atoms with Crippen molar-refractivity contribution in [3.05, 3.63) is 35.9 Å². The summed E-state index contributed by atoms with van der Waals surface area (Å²) in [5.74, 6) is -0.0713. The highest BCUT2D eigenvalue weighted by Gasteiger charge is 2.34. The van der Waals surface area contributed by atoms with E-state index in [0.29, 0.717) is 31.7 Å². The standard InChI is InChI=1S/C24H33N3O3/c1-18(2)14-24(30)27-12-10-26(11-13-27)9-8-25-17-21-22(28)15-20(16-23(21)29)19-6-4-3-5-7-19/h3-7,17-18,20-21H,8-16H2,1-2H3/p+1. The van der Waals surface area contributed by atoms with Crippen LogP contribution in [0.3, 0.4) is 0 Å². The number of nitrogens with one attached hydrogen (secondary N) is 1. The molecule has 2 fully saturated rings. The molecule has 0 unspecified atom stereocenters. The maximum absolute atomic E-state index is 12.5. The Labute approximate surface area is 179 Å². The summed E-state index contributed by atoms with van der Waals surface area (Å²) in [6.45, 7) is 9.07. The van der Waals surface area contributed by atoms with Crippen molar-refractivity contribution in [2.75, 3.05) is 39.3 Å². The summed E-state index contributed by atoms with van der Waals surface area (Å²) in [4.78, 5) is 45.0. The summed E-state index contributed by atoms with van der Waals surface area (Å²) >= 11 is 0. The molecule has 6 nitrogen and oxygen atoms in total. The predicted octanol–water partition coefficient (Wildman–Crippen LogP) is 1.16. The Hall–Kier alpha value is -2.34. The van der Waals surface area contributed by atoms with Gasteiger partial charge in [-0.05, 0) is 17.4 Å². The molecule has 1 amide bonds. The molecule has 1 N–H and O–H groups in total. The van der Waals surface area contributed by atoms with Crippen molar-refractivity contribution in [1.82, 2.24) is 4.90 Å². The second kappa shape index (κ2) is 10.6. The Morgan fingerprint density at radius 2 is 1.77 bits per heavy atom. The number of carbonyl (C=O) groups is 3. The van der Waals surface area contributed by atoms with Gasteiger partial charge in [0.2, 0.25) is 5.91 Å². The molecule has 0 aromatic heterocycles. The van der Waals surface area contributed by atoms with Crippen molar-refractivity contribution in [1.29, 1.82) is 0 Å². The van der Waals surface area contributed by atoms with Gasteiger partial charge in [0.05, 0.1) is 39.3 Å². The van der Waals surface area contributed by atoms with E-state index >= 15 is 0 Å². The van der Waals surface area contributed by atoms with E-state index in [1.54, 1.807) is 6.21 Å². The number of carbonyl (C=O) groups excluding carboxylic acids is 3. The van der Waals surface area contributed by atoms with Gasteiger partial charge in [-0.2, -0.15) is 0 Å². The van der Waals surface area contributed by atoms with Crippen molar-refractivity contribution in [2.45, 2.75) is 39.0 Å². The molecule has 162 valence electrons. The number of piperazine rings is 1. The fourth-order valence-corrected chi connectivity index (χ4v) is 4.32. The highest BCUT2D eigenvalue weighted by molar-refractivity contribution is 6.16. The van der Waals surface area contributed by atoms with Gasteiger partial charge in [0.15, 0.2) is 0 Å². The molecule has 1 saturated carbocycles. The van der Waals surface area contributed by atoms with Crippen LogP contribution in [0.4, 0.5) is 0 Å². The van der Waals surface area contributed by atoms with E-state index in [1.807, 2.05) is 35.2 Å². The molecular weight excluding hydrogens is 378 g/mol. The van der Waals surface area contributed by atoms with Crippen LogP contribution in [-0.2, 0) is 14.4 Å². The third-order valence-corrected chi connectivity index (χ3v) is 6.11. The number of quaternary nitrogens is 1. The molecule has 3 rings (SSSR count). The first-order valence-corrected chi connectivity index (χ1v) is 11.2. The lowest BCUT2D eigenvalue weighted by molar-refractivity contribution is -0.902. The van der Waals surface area contributed by atoms with Gasteiger partial charge < -0.3 is 9.80 Å². The van der Waals surface area contributed by atoms with Crippen molar-refractivity contribution in [2.24, 2.45) is 16.8 Å². The van der Waals surface area contributed by atoms with Gasteiger partial charge in [-0.25, -0.2) is 0 Å². The van der Waals surface area contributed by atoms with Crippen LogP contribution < -0.4 is 4.90 Å². The first kappa shape index (κ1) is 22.3. The fourth-order valence-electron chi connectivity index (χ4n) is 4.32. The number of hydrogen-bond donors (Lipinski definition) is 1. The molecule has 0 bridgehead atoms. The number of nitrogens with zero attached hydrogens (tertiary/aromatic N) is 2. The number of amides is 1. The minimum atomic E-state index is -0.675. The fraction of sp³-hybridized carbons (Fsp3) is 0.583. The van der Waals surface area contributed by atoms with Crippen LogP contribution >= 0.6 is 0 Å². The number of hydrogen-bond acceptors (Lipinski definition) is 4. The molecule has 1 aliphatic carbocycles. The molecule has 0 atom stereocenters. The molecule has 6 heteroatoms. The van der Waals surface area contributed by atoms with E-state index in [9.17, 15) is 14.4 Å². The average Bonchev–Trinajstić information content (AvgIpc) is 2.73. The summed E-state index contributed by atoms with van der Waals surface area (Å²) in [7, 11) is 0. The van der Waals surface area contributed by atoms with Crippen molar-refractivity contribution < 1.29 is 19.3 Å². The van der Waals surface area contributed by atoms with Gasteiger partial charge in [0.25, 0.3) is 0 Å². The van der Waals surface area contributed by atoms with Gasteiger partial charge >= 0.3 is 0 Å². The third-order valence-electron chi connectivity index (χ3n) is 6.11. The van der Waals surface area contributed by atoms with Crippen molar-refractivity contribution in [3.8, 4) is 0 Å². The van der Waals surface area contributed by atoms with E-state index < -0.39 is 5.92 Å². The van der Waals surface area contributed by atoms with E-state index in [0.717, 1.165) is 38.3 Å². The smallest absolute Gasteiger partial charge is 0.223 e. The average molecular weight is 413 g/mol. The van der Waals surface area contributed by atoms with Gasteiger partial charge in [-0.3, -0.25) is 19.4 Å². The first-order valence-electron chi connectivity index (χ1n) is 11.2.